The Morgan fingerprint density at radius 3 is 2.73 bits per heavy atom. The van der Waals surface area contributed by atoms with Gasteiger partial charge < -0.3 is 10.4 Å². The van der Waals surface area contributed by atoms with Crippen LogP contribution in [0.15, 0.2) is 48.7 Å². The second-order valence-corrected chi connectivity index (χ2v) is 6.11. The molecule has 0 saturated carbocycles. The summed E-state index contributed by atoms with van der Waals surface area (Å²) < 4.78 is 14.1. The van der Waals surface area contributed by atoms with Crippen molar-refractivity contribution in [2.45, 2.75) is 31.4 Å². The van der Waals surface area contributed by atoms with Crippen molar-refractivity contribution in [3.63, 3.8) is 0 Å². The Hall–Kier alpha value is -1.78. The first-order chi connectivity index (χ1) is 10.6. The number of piperidine rings is 1. The maximum Gasteiger partial charge on any atom is 0.129 e. The van der Waals surface area contributed by atoms with Crippen LogP contribution in [0.4, 0.5) is 4.39 Å². The van der Waals surface area contributed by atoms with Crippen LogP contribution in [0.25, 0.3) is 0 Å². The number of rotatable bonds is 3. The van der Waals surface area contributed by atoms with Gasteiger partial charge in [0.15, 0.2) is 0 Å². The van der Waals surface area contributed by atoms with E-state index in [4.69, 9.17) is 0 Å². The summed E-state index contributed by atoms with van der Waals surface area (Å²) in [6.07, 6.45) is 3.32. The maximum atomic E-state index is 14.1. The van der Waals surface area contributed by atoms with Crippen molar-refractivity contribution in [3.05, 3.63) is 65.7 Å². The van der Waals surface area contributed by atoms with E-state index >= 15 is 0 Å². The topological polar surface area (TPSA) is 45.1 Å². The van der Waals surface area contributed by atoms with Gasteiger partial charge in [0.25, 0.3) is 0 Å². The molecule has 3 unspecified atom stereocenters. The molecule has 0 bridgehead atoms. The first kappa shape index (κ1) is 15.1. The fourth-order valence-corrected chi connectivity index (χ4v) is 3.33. The van der Waals surface area contributed by atoms with E-state index in [0.29, 0.717) is 5.56 Å². The van der Waals surface area contributed by atoms with E-state index in [-0.39, 0.29) is 17.8 Å². The van der Waals surface area contributed by atoms with E-state index in [2.05, 4.69) is 10.3 Å². The van der Waals surface area contributed by atoms with Crippen molar-refractivity contribution in [3.8, 4) is 0 Å². The van der Waals surface area contributed by atoms with Gasteiger partial charge in [-0.3, -0.25) is 4.98 Å². The Labute approximate surface area is 130 Å². The molecule has 4 heteroatoms. The molecule has 1 aliphatic rings. The van der Waals surface area contributed by atoms with Gasteiger partial charge in [-0.25, -0.2) is 4.39 Å². The maximum absolute atomic E-state index is 14.1. The summed E-state index contributed by atoms with van der Waals surface area (Å²) >= 11 is 0. The van der Waals surface area contributed by atoms with E-state index in [0.717, 1.165) is 25.1 Å². The summed E-state index contributed by atoms with van der Waals surface area (Å²) in [6.45, 7) is 2.51. The molecule has 2 heterocycles. The third-order valence-corrected chi connectivity index (χ3v) is 4.66. The largest absolute Gasteiger partial charge is 0.385 e. The molecule has 0 radical (unpaired) electrons. The summed E-state index contributed by atoms with van der Waals surface area (Å²) in [5, 5.41) is 14.4. The zero-order chi connectivity index (χ0) is 15.6. The van der Waals surface area contributed by atoms with E-state index < -0.39 is 5.60 Å². The van der Waals surface area contributed by atoms with Gasteiger partial charge in [0.1, 0.15) is 5.82 Å². The molecule has 1 aromatic heterocycles. The highest BCUT2D eigenvalue weighted by Crippen LogP contribution is 2.40. The van der Waals surface area contributed by atoms with Crippen LogP contribution in [0.2, 0.25) is 0 Å². The van der Waals surface area contributed by atoms with E-state index in [1.807, 2.05) is 18.2 Å². The normalized spacial score (nSPS) is 24.7. The zero-order valence-electron chi connectivity index (χ0n) is 12.7. The molecule has 3 nitrogen and oxygen atoms in total. The van der Waals surface area contributed by atoms with Crippen LogP contribution in [-0.2, 0) is 5.60 Å². The molecule has 22 heavy (non-hydrogen) atoms. The molecule has 2 aromatic rings. The highest BCUT2D eigenvalue weighted by molar-refractivity contribution is 5.25. The number of benzene rings is 1. The third-order valence-electron chi connectivity index (χ3n) is 4.66. The van der Waals surface area contributed by atoms with Gasteiger partial charge in [0.2, 0.25) is 0 Å². The minimum atomic E-state index is -1.18. The first-order valence-corrected chi connectivity index (χ1v) is 7.70. The molecule has 0 amide bonds. The number of nitrogens with zero attached hydrogens (tertiary/aromatic N) is 1. The molecular formula is C18H21FN2O. The molecule has 1 saturated heterocycles. The monoisotopic (exact) mass is 300 g/mol. The van der Waals surface area contributed by atoms with Crippen LogP contribution < -0.4 is 5.32 Å². The molecule has 116 valence electrons. The molecule has 1 aliphatic heterocycles. The predicted octanol–water partition coefficient (Wildman–Crippen LogP) is 3.17. The lowest BCUT2D eigenvalue weighted by Gasteiger charge is -2.39. The number of aliphatic hydroxyl groups is 1. The highest BCUT2D eigenvalue weighted by Gasteiger charge is 2.39. The van der Waals surface area contributed by atoms with E-state index in [1.165, 1.54) is 6.07 Å². The SMILES string of the molecule is CC(O)(c1ccccc1F)C1CCNC(c2ccccn2)C1. The van der Waals surface area contributed by atoms with Gasteiger partial charge in [0, 0.05) is 17.8 Å². The van der Waals surface area contributed by atoms with Crippen molar-refractivity contribution < 1.29 is 9.50 Å². The second-order valence-electron chi connectivity index (χ2n) is 6.11. The number of halogens is 1. The number of nitrogens with one attached hydrogen (secondary N) is 1. The summed E-state index contributed by atoms with van der Waals surface area (Å²) in [7, 11) is 0. The standard InChI is InChI=1S/C18H21FN2O/c1-18(22,14-6-2-3-7-15(14)19)13-9-11-21-17(12-13)16-8-4-5-10-20-16/h2-8,10,13,17,21-22H,9,11-12H2,1H3. The second kappa shape index (κ2) is 6.15. The van der Waals surface area contributed by atoms with Crippen LogP contribution >= 0.6 is 0 Å². The van der Waals surface area contributed by atoms with Crippen LogP contribution in [0, 0.1) is 11.7 Å². The van der Waals surface area contributed by atoms with Gasteiger partial charge in [-0.2, -0.15) is 0 Å². The molecule has 3 atom stereocenters. The van der Waals surface area contributed by atoms with Crippen molar-refractivity contribution in [1.82, 2.24) is 10.3 Å². The predicted molar refractivity (Wildman–Crippen MR) is 83.7 cm³/mol. The summed E-state index contributed by atoms with van der Waals surface area (Å²) in [6, 6.07) is 12.4. The lowest BCUT2D eigenvalue weighted by Crippen LogP contribution is -2.42. The van der Waals surface area contributed by atoms with Gasteiger partial charge >= 0.3 is 0 Å². The zero-order valence-corrected chi connectivity index (χ0v) is 12.7. The summed E-state index contributed by atoms with van der Waals surface area (Å²) in [5.41, 5.74) is 0.165. The Morgan fingerprint density at radius 2 is 2.00 bits per heavy atom. The minimum Gasteiger partial charge on any atom is -0.385 e. The molecule has 1 aromatic carbocycles. The number of aromatic nitrogens is 1. The van der Waals surface area contributed by atoms with Crippen LogP contribution in [-0.4, -0.2) is 16.6 Å². The van der Waals surface area contributed by atoms with Crippen molar-refractivity contribution in [1.29, 1.82) is 0 Å². The average Bonchev–Trinajstić information content (AvgIpc) is 2.56. The van der Waals surface area contributed by atoms with Crippen LogP contribution in [0.5, 0.6) is 0 Å². The lowest BCUT2D eigenvalue weighted by atomic mass is 9.75. The summed E-state index contributed by atoms with van der Waals surface area (Å²) in [5.74, 6) is -0.363. The van der Waals surface area contributed by atoms with Crippen molar-refractivity contribution >= 4 is 0 Å². The van der Waals surface area contributed by atoms with E-state index in [9.17, 15) is 9.50 Å². The number of pyridine rings is 1. The smallest absolute Gasteiger partial charge is 0.129 e. The molecule has 2 N–H and O–H groups in total. The Balaban J connectivity index is 1.84. The summed E-state index contributed by atoms with van der Waals surface area (Å²) in [4.78, 5) is 4.39. The Morgan fingerprint density at radius 1 is 1.23 bits per heavy atom. The minimum absolute atomic E-state index is 0.0161. The fraction of sp³-hybridized carbons (Fsp3) is 0.389. The van der Waals surface area contributed by atoms with E-state index in [1.54, 1.807) is 31.3 Å². The van der Waals surface area contributed by atoms with Crippen LogP contribution in [0.3, 0.4) is 0 Å². The van der Waals surface area contributed by atoms with Gasteiger partial charge in [0.05, 0.1) is 11.3 Å². The fourth-order valence-electron chi connectivity index (χ4n) is 3.33. The third kappa shape index (κ3) is 2.89. The number of hydrogen-bond donors (Lipinski definition) is 2. The Bertz CT molecular complexity index is 630. The molecule has 3 rings (SSSR count). The number of hydrogen-bond acceptors (Lipinski definition) is 3. The lowest BCUT2D eigenvalue weighted by molar-refractivity contribution is -0.0283. The molecular weight excluding hydrogens is 279 g/mol. The first-order valence-electron chi connectivity index (χ1n) is 7.70. The average molecular weight is 300 g/mol. The quantitative estimate of drug-likeness (QED) is 0.915. The van der Waals surface area contributed by atoms with Crippen LogP contribution in [0.1, 0.15) is 37.1 Å². The van der Waals surface area contributed by atoms with Crippen molar-refractivity contribution in [2.75, 3.05) is 6.54 Å². The van der Waals surface area contributed by atoms with Gasteiger partial charge in [-0.15, -0.1) is 0 Å². The highest BCUT2D eigenvalue weighted by atomic mass is 19.1. The molecule has 1 fully saturated rings. The Kier molecular flexibility index (Phi) is 4.23. The molecule has 0 spiro atoms. The van der Waals surface area contributed by atoms with Crippen molar-refractivity contribution in [2.24, 2.45) is 5.92 Å². The molecule has 0 aliphatic carbocycles. The van der Waals surface area contributed by atoms with Gasteiger partial charge in [-0.05, 0) is 50.4 Å². The van der Waals surface area contributed by atoms with Gasteiger partial charge in [-0.1, -0.05) is 24.3 Å².